The van der Waals surface area contributed by atoms with Crippen LogP contribution in [0.3, 0.4) is 0 Å². The maximum absolute atomic E-state index is 6.12. The van der Waals surface area contributed by atoms with E-state index in [2.05, 4.69) is 15.7 Å². The molecular formula is C15H18Cl2N4S. The maximum atomic E-state index is 6.12. The number of aromatic nitrogens is 2. The van der Waals surface area contributed by atoms with Crippen LogP contribution >= 0.6 is 35.4 Å². The first-order valence-electron chi connectivity index (χ1n) is 6.97. The summed E-state index contributed by atoms with van der Waals surface area (Å²) < 4.78 is 1.92. The number of nitrogens with one attached hydrogen (secondary N) is 2. The highest BCUT2D eigenvalue weighted by Gasteiger charge is 2.08. The van der Waals surface area contributed by atoms with Gasteiger partial charge in [0.25, 0.3) is 0 Å². The predicted molar refractivity (Wildman–Crippen MR) is 97.0 cm³/mol. The second-order valence-electron chi connectivity index (χ2n) is 4.95. The Bertz CT molecular complexity index is 670. The normalized spacial score (nSPS) is 10.5. The summed E-state index contributed by atoms with van der Waals surface area (Å²) >= 11 is 17.3. The van der Waals surface area contributed by atoms with Crippen molar-refractivity contribution in [1.82, 2.24) is 15.1 Å². The molecule has 0 atom stereocenters. The number of hydrogen-bond acceptors (Lipinski definition) is 2. The molecule has 0 radical (unpaired) electrons. The zero-order chi connectivity index (χ0) is 16.1. The summed E-state index contributed by atoms with van der Waals surface area (Å²) in [6.45, 7) is 5.43. The quantitative estimate of drug-likeness (QED) is 0.622. The number of rotatable bonds is 5. The minimum Gasteiger partial charge on any atom is -0.362 e. The Kier molecular flexibility index (Phi) is 6.06. The highest BCUT2D eigenvalue weighted by molar-refractivity contribution is 7.80. The van der Waals surface area contributed by atoms with Gasteiger partial charge in [0, 0.05) is 23.8 Å². The van der Waals surface area contributed by atoms with E-state index in [1.54, 1.807) is 0 Å². The van der Waals surface area contributed by atoms with Crippen molar-refractivity contribution in [1.29, 1.82) is 0 Å². The summed E-state index contributed by atoms with van der Waals surface area (Å²) in [6.07, 6.45) is 0.898. The van der Waals surface area contributed by atoms with Crippen molar-refractivity contribution in [3.05, 3.63) is 45.7 Å². The average Bonchev–Trinajstić information content (AvgIpc) is 2.71. The van der Waals surface area contributed by atoms with Crippen molar-refractivity contribution in [2.75, 3.05) is 11.9 Å². The zero-order valence-electron chi connectivity index (χ0n) is 12.5. The molecule has 4 nitrogen and oxygen atoms in total. The Hall–Kier alpha value is -1.30. The van der Waals surface area contributed by atoms with Crippen molar-refractivity contribution >= 4 is 46.2 Å². The second-order valence-corrected chi connectivity index (χ2v) is 6.18. The largest absolute Gasteiger partial charge is 0.362 e. The highest BCUT2D eigenvalue weighted by Crippen LogP contribution is 2.19. The van der Waals surface area contributed by atoms with Crippen molar-refractivity contribution in [2.45, 2.75) is 26.8 Å². The minimum atomic E-state index is 0.577. The standard InChI is InChI=1S/C15H18Cl2N4S/c1-10-14(17)11(2)21(20-10)8-4-7-18-15(22)19-13-6-3-5-12(16)9-13/h3,5-6,9H,4,7-8H2,1-2H3,(H2,18,19,22). The molecule has 0 aliphatic carbocycles. The predicted octanol–water partition coefficient (Wildman–Crippen LogP) is 4.18. The highest BCUT2D eigenvalue weighted by atomic mass is 35.5. The third kappa shape index (κ3) is 4.60. The van der Waals surface area contributed by atoms with Crippen LogP contribution in [0.25, 0.3) is 0 Å². The van der Waals surface area contributed by atoms with E-state index in [0.29, 0.717) is 10.1 Å². The molecular weight excluding hydrogens is 339 g/mol. The molecule has 118 valence electrons. The molecule has 0 bridgehead atoms. The molecule has 0 saturated heterocycles. The summed E-state index contributed by atoms with van der Waals surface area (Å²) in [4.78, 5) is 0. The third-order valence-corrected chi connectivity index (χ3v) is 4.24. The van der Waals surface area contributed by atoms with Gasteiger partial charge in [-0.3, -0.25) is 4.68 Å². The van der Waals surface area contributed by atoms with Crippen LogP contribution in [0.1, 0.15) is 17.8 Å². The molecule has 1 heterocycles. The van der Waals surface area contributed by atoms with E-state index < -0.39 is 0 Å². The molecule has 2 aromatic rings. The summed E-state index contributed by atoms with van der Waals surface area (Å²) in [7, 11) is 0. The molecule has 0 unspecified atom stereocenters. The van der Waals surface area contributed by atoms with E-state index in [9.17, 15) is 0 Å². The van der Waals surface area contributed by atoms with Crippen molar-refractivity contribution in [3.8, 4) is 0 Å². The van der Waals surface area contributed by atoms with Gasteiger partial charge in [-0.1, -0.05) is 29.3 Å². The fourth-order valence-corrected chi connectivity index (χ4v) is 2.61. The van der Waals surface area contributed by atoms with Crippen LogP contribution in [0.2, 0.25) is 10.0 Å². The Labute approximate surface area is 145 Å². The second kappa shape index (κ2) is 7.81. The Morgan fingerprint density at radius 2 is 2.09 bits per heavy atom. The van der Waals surface area contributed by atoms with Gasteiger partial charge in [-0.2, -0.15) is 5.10 Å². The fraction of sp³-hybridized carbons (Fsp3) is 0.333. The van der Waals surface area contributed by atoms with Gasteiger partial charge in [0.2, 0.25) is 0 Å². The average molecular weight is 357 g/mol. The monoisotopic (exact) mass is 356 g/mol. The van der Waals surface area contributed by atoms with E-state index in [4.69, 9.17) is 35.4 Å². The SMILES string of the molecule is Cc1nn(CCCNC(=S)Nc2cccc(Cl)c2)c(C)c1Cl. The molecule has 0 amide bonds. The zero-order valence-corrected chi connectivity index (χ0v) is 14.8. The summed E-state index contributed by atoms with van der Waals surface area (Å²) in [5, 5.41) is 12.7. The lowest BCUT2D eigenvalue weighted by molar-refractivity contribution is 0.558. The first-order chi connectivity index (χ1) is 10.5. The number of anilines is 1. The lowest BCUT2D eigenvalue weighted by Crippen LogP contribution is -2.29. The van der Waals surface area contributed by atoms with E-state index in [1.165, 1.54) is 0 Å². The molecule has 0 saturated carbocycles. The smallest absolute Gasteiger partial charge is 0.170 e. The topological polar surface area (TPSA) is 41.9 Å². The Morgan fingerprint density at radius 1 is 1.32 bits per heavy atom. The molecule has 2 N–H and O–H groups in total. The minimum absolute atomic E-state index is 0.577. The van der Waals surface area contributed by atoms with Gasteiger partial charge in [-0.15, -0.1) is 0 Å². The molecule has 7 heteroatoms. The lowest BCUT2D eigenvalue weighted by Gasteiger charge is -2.11. The third-order valence-electron chi connectivity index (χ3n) is 3.21. The van der Waals surface area contributed by atoms with Crippen LogP contribution in [0.5, 0.6) is 0 Å². The van der Waals surface area contributed by atoms with Crippen molar-refractivity contribution < 1.29 is 0 Å². The van der Waals surface area contributed by atoms with E-state index in [0.717, 1.165) is 41.6 Å². The van der Waals surface area contributed by atoms with Gasteiger partial charge in [0.1, 0.15) is 0 Å². The number of nitrogens with zero attached hydrogens (tertiary/aromatic N) is 2. The number of aryl methyl sites for hydroxylation is 2. The van der Waals surface area contributed by atoms with Crippen LogP contribution in [0.15, 0.2) is 24.3 Å². The van der Waals surface area contributed by atoms with Gasteiger partial charge >= 0.3 is 0 Å². The van der Waals surface area contributed by atoms with Crippen LogP contribution in [0, 0.1) is 13.8 Å². The number of halogens is 2. The Morgan fingerprint density at radius 3 is 2.73 bits per heavy atom. The van der Waals surface area contributed by atoms with Gasteiger partial charge < -0.3 is 10.6 Å². The van der Waals surface area contributed by atoms with Crippen LogP contribution in [-0.2, 0) is 6.54 Å². The first-order valence-corrected chi connectivity index (χ1v) is 8.13. The summed E-state index contributed by atoms with van der Waals surface area (Å²) in [5.74, 6) is 0. The van der Waals surface area contributed by atoms with Gasteiger partial charge in [-0.25, -0.2) is 0 Å². The molecule has 0 aliphatic rings. The summed E-state index contributed by atoms with van der Waals surface area (Å²) in [5.41, 5.74) is 2.74. The van der Waals surface area contributed by atoms with Crippen LogP contribution in [-0.4, -0.2) is 21.4 Å². The van der Waals surface area contributed by atoms with E-state index in [-0.39, 0.29) is 0 Å². The Balaban J connectivity index is 1.74. The van der Waals surface area contributed by atoms with Crippen LogP contribution in [0.4, 0.5) is 5.69 Å². The fourth-order valence-electron chi connectivity index (χ4n) is 2.07. The van der Waals surface area contributed by atoms with Gasteiger partial charge in [0.15, 0.2) is 5.11 Å². The first kappa shape index (κ1) is 17.1. The van der Waals surface area contributed by atoms with Gasteiger partial charge in [-0.05, 0) is 50.7 Å². The van der Waals surface area contributed by atoms with Gasteiger partial charge in [0.05, 0.1) is 16.4 Å². The number of thiocarbonyl (C=S) groups is 1. The molecule has 22 heavy (non-hydrogen) atoms. The molecule has 1 aromatic heterocycles. The van der Waals surface area contributed by atoms with E-state index >= 15 is 0 Å². The maximum Gasteiger partial charge on any atom is 0.170 e. The lowest BCUT2D eigenvalue weighted by atomic mass is 10.3. The van der Waals surface area contributed by atoms with Crippen LogP contribution < -0.4 is 10.6 Å². The molecule has 0 aliphatic heterocycles. The van der Waals surface area contributed by atoms with Crippen molar-refractivity contribution in [3.63, 3.8) is 0 Å². The molecule has 1 aromatic carbocycles. The number of hydrogen-bond donors (Lipinski definition) is 2. The van der Waals surface area contributed by atoms with E-state index in [1.807, 2.05) is 42.8 Å². The number of benzene rings is 1. The van der Waals surface area contributed by atoms with Crippen molar-refractivity contribution in [2.24, 2.45) is 0 Å². The summed E-state index contributed by atoms with van der Waals surface area (Å²) in [6, 6.07) is 7.44. The molecule has 0 fully saturated rings. The molecule has 0 spiro atoms. The molecule has 2 rings (SSSR count).